The lowest BCUT2D eigenvalue weighted by atomic mass is 10.2. The highest BCUT2D eigenvalue weighted by atomic mass is 19.1. The van der Waals surface area contributed by atoms with E-state index < -0.39 is 16.8 Å². The molecule has 0 radical (unpaired) electrons. The molecular weight excluding hydrogens is 243 g/mol. The van der Waals surface area contributed by atoms with E-state index in [9.17, 15) is 19.6 Å². The summed E-state index contributed by atoms with van der Waals surface area (Å²) in [6.45, 7) is 1.75. The van der Waals surface area contributed by atoms with E-state index in [1.54, 1.807) is 14.0 Å². The van der Waals surface area contributed by atoms with Gasteiger partial charge in [0.15, 0.2) is 11.6 Å². The lowest BCUT2D eigenvalue weighted by molar-refractivity contribution is -0.384. The van der Waals surface area contributed by atoms with Crippen LogP contribution >= 0.6 is 0 Å². The Morgan fingerprint density at radius 2 is 2.22 bits per heavy atom. The molecule has 1 N–H and O–H groups in total. The van der Waals surface area contributed by atoms with E-state index in [0.717, 1.165) is 6.07 Å². The maximum atomic E-state index is 13.4. The normalized spacial score (nSPS) is 12.1. The van der Waals surface area contributed by atoms with E-state index in [1.807, 2.05) is 0 Å². The number of aliphatic hydroxyl groups is 1. The lowest BCUT2D eigenvalue weighted by Gasteiger charge is -2.21. The summed E-state index contributed by atoms with van der Waals surface area (Å²) in [5, 5.41) is 20.2. The second-order valence-corrected chi connectivity index (χ2v) is 3.96. The average Bonchev–Trinajstić information content (AvgIpc) is 2.27. The molecule has 100 valence electrons. The SMILES string of the molecule is COc1cc(N(C)C[C@@H](C)O)c([N+](=O)[O-])cc1F. The number of ether oxygens (including phenoxy) is 1. The smallest absolute Gasteiger partial charge is 0.295 e. The molecule has 1 rings (SSSR count). The van der Waals surface area contributed by atoms with Crippen LogP contribution in [0, 0.1) is 15.9 Å². The summed E-state index contributed by atoms with van der Waals surface area (Å²) in [5.74, 6) is -0.869. The number of anilines is 1. The molecule has 0 amide bonds. The van der Waals surface area contributed by atoms with Crippen LogP contribution in [0.1, 0.15) is 6.92 Å². The quantitative estimate of drug-likeness (QED) is 0.640. The van der Waals surface area contributed by atoms with Gasteiger partial charge in [0, 0.05) is 19.7 Å². The van der Waals surface area contributed by atoms with Gasteiger partial charge in [0.05, 0.1) is 24.2 Å². The van der Waals surface area contributed by atoms with Crippen LogP contribution in [0.2, 0.25) is 0 Å². The number of likely N-dealkylation sites (N-methyl/N-ethyl adjacent to an activating group) is 1. The van der Waals surface area contributed by atoms with E-state index in [1.165, 1.54) is 18.1 Å². The molecule has 1 atom stereocenters. The first-order chi connectivity index (χ1) is 8.36. The van der Waals surface area contributed by atoms with Gasteiger partial charge < -0.3 is 14.7 Å². The minimum atomic E-state index is -0.793. The summed E-state index contributed by atoms with van der Waals surface area (Å²) >= 11 is 0. The van der Waals surface area contributed by atoms with Gasteiger partial charge in [0.1, 0.15) is 5.69 Å². The third-order valence-corrected chi connectivity index (χ3v) is 2.40. The Balaban J connectivity index is 3.25. The van der Waals surface area contributed by atoms with Crippen molar-refractivity contribution in [2.24, 2.45) is 0 Å². The summed E-state index contributed by atoms with van der Waals surface area (Å²) in [4.78, 5) is 11.7. The van der Waals surface area contributed by atoms with Crippen molar-refractivity contribution < 1.29 is 19.2 Å². The summed E-state index contributed by atoms with van der Waals surface area (Å²) in [5.41, 5.74) is -0.171. The maximum absolute atomic E-state index is 13.4. The highest BCUT2D eigenvalue weighted by molar-refractivity contribution is 5.66. The van der Waals surface area contributed by atoms with Gasteiger partial charge in [0.25, 0.3) is 5.69 Å². The Bertz CT molecular complexity index is 451. The number of hydrogen-bond donors (Lipinski definition) is 1. The first-order valence-electron chi connectivity index (χ1n) is 5.28. The number of nitro benzene ring substituents is 1. The molecule has 0 aromatic heterocycles. The van der Waals surface area contributed by atoms with Gasteiger partial charge in [-0.2, -0.15) is 0 Å². The standard InChI is InChI=1S/C11H15FN2O4/c1-7(15)6-13(2)9-5-11(18-3)8(12)4-10(9)14(16)17/h4-5,7,15H,6H2,1-3H3/t7-/m1/s1. The number of rotatable bonds is 5. The highest BCUT2D eigenvalue weighted by Gasteiger charge is 2.22. The average molecular weight is 258 g/mol. The summed E-state index contributed by atoms with van der Waals surface area (Å²) in [6, 6.07) is 2.06. The molecule has 1 aromatic carbocycles. The fraction of sp³-hybridized carbons (Fsp3) is 0.455. The van der Waals surface area contributed by atoms with Crippen LogP contribution in [0.25, 0.3) is 0 Å². The van der Waals surface area contributed by atoms with Crippen LogP contribution < -0.4 is 9.64 Å². The second kappa shape index (κ2) is 5.63. The zero-order valence-electron chi connectivity index (χ0n) is 10.4. The molecule has 0 aliphatic carbocycles. The van der Waals surface area contributed by atoms with E-state index >= 15 is 0 Å². The van der Waals surface area contributed by atoms with Crippen molar-refractivity contribution in [3.63, 3.8) is 0 Å². The van der Waals surface area contributed by atoms with Crippen LogP contribution in [0.4, 0.5) is 15.8 Å². The predicted octanol–water partition coefficient (Wildman–Crippen LogP) is 1.56. The molecule has 7 heteroatoms. The van der Waals surface area contributed by atoms with Crippen molar-refractivity contribution in [3.8, 4) is 5.75 Å². The van der Waals surface area contributed by atoms with Gasteiger partial charge in [-0.3, -0.25) is 10.1 Å². The third kappa shape index (κ3) is 3.07. The third-order valence-electron chi connectivity index (χ3n) is 2.40. The molecule has 0 spiro atoms. The van der Waals surface area contributed by atoms with Gasteiger partial charge in [0.2, 0.25) is 0 Å². The van der Waals surface area contributed by atoms with Crippen LogP contribution in [-0.4, -0.2) is 36.8 Å². The van der Waals surface area contributed by atoms with Crippen LogP contribution in [0.5, 0.6) is 5.75 Å². The Morgan fingerprint density at radius 3 is 2.67 bits per heavy atom. The van der Waals surface area contributed by atoms with Crippen LogP contribution in [0.3, 0.4) is 0 Å². The Morgan fingerprint density at radius 1 is 1.61 bits per heavy atom. The molecule has 0 aliphatic heterocycles. The number of halogens is 1. The number of nitro groups is 1. The first kappa shape index (κ1) is 14.2. The molecule has 6 nitrogen and oxygen atoms in total. The monoisotopic (exact) mass is 258 g/mol. The van der Waals surface area contributed by atoms with E-state index in [2.05, 4.69) is 0 Å². The summed E-state index contributed by atoms with van der Waals surface area (Å²) < 4.78 is 18.2. The van der Waals surface area contributed by atoms with Crippen LogP contribution in [-0.2, 0) is 0 Å². The molecule has 0 heterocycles. The van der Waals surface area contributed by atoms with Crippen molar-refractivity contribution in [1.29, 1.82) is 0 Å². The summed E-state index contributed by atoms with van der Waals surface area (Å²) in [7, 11) is 2.86. The molecule has 1 aromatic rings. The van der Waals surface area contributed by atoms with Crippen molar-refractivity contribution >= 4 is 11.4 Å². The minimum Gasteiger partial charge on any atom is -0.494 e. The van der Waals surface area contributed by atoms with Crippen molar-refractivity contribution in [3.05, 3.63) is 28.1 Å². The topological polar surface area (TPSA) is 75.8 Å². The number of methoxy groups -OCH3 is 1. The highest BCUT2D eigenvalue weighted by Crippen LogP contribution is 2.33. The van der Waals surface area contributed by atoms with Gasteiger partial charge >= 0.3 is 0 Å². The van der Waals surface area contributed by atoms with Crippen molar-refractivity contribution in [1.82, 2.24) is 0 Å². The van der Waals surface area contributed by atoms with Gasteiger partial charge in [-0.25, -0.2) is 4.39 Å². The van der Waals surface area contributed by atoms with E-state index in [4.69, 9.17) is 4.74 Å². The Labute approximate surface area is 104 Å². The number of nitrogens with zero attached hydrogens (tertiary/aromatic N) is 2. The number of hydrogen-bond acceptors (Lipinski definition) is 5. The van der Waals surface area contributed by atoms with E-state index in [0.29, 0.717) is 0 Å². The van der Waals surface area contributed by atoms with Crippen molar-refractivity contribution in [2.45, 2.75) is 13.0 Å². The Hall–Kier alpha value is -1.89. The fourth-order valence-corrected chi connectivity index (χ4v) is 1.64. The molecule has 0 aliphatic rings. The largest absolute Gasteiger partial charge is 0.494 e. The van der Waals surface area contributed by atoms with Crippen molar-refractivity contribution in [2.75, 3.05) is 25.6 Å². The molecule has 0 fully saturated rings. The summed E-state index contributed by atoms with van der Waals surface area (Å²) in [6.07, 6.45) is -0.661. The molecule has 0 bridgehead atoms. The minimum absolute atomic E-state index is 0.0759. The lowest BCUT2D eigenvalue weighted by Crippen LogP contribution is -2.27. The van der Waals surface area contributed by atoms with Crippen LogP contribution in [0.15, 0.2) is 12.1 Å². The number of benzene rings is 1. The van der Waals surface area contributed by atoms with Gasteiger partial charge in [-0.05, 0) is 6.92 Å². The predicted molar refractivity (Wildman–Crippen MR) is 64.6 cm³/mol. The first-order valence-corrected chi connectivity index (χ1v) is 5.28. The molecular formula is C11H15FN2O4. The zero-order chi connectivity index (χ0) is 13.9. The zero-order valence-corrected chi connectivity index (χ0v) is 10.4. The Kier molecular flexibility index (Phi) is 4.43. The van der Waals surface area contributed by atoms with Gasteiger partial charge in [-0.15, -0.1) is 0 Å². The molecule has 0 saturated carbocycles. The molecule has 18 heavy (non-hydrogen) atoms. The number of aliphatic hydroxyl groups excluding tert-OH is 1. The molecule has 0 saturated heterocycles. The van der Waals surface area contributed by atoms with Gasteiger partial charge in [-0.1, -0.05) is 0 Å². The van der Waals surface area contributed by atoms with E-state index in [-0.39, 0.29) is 23.7 Å². The second-order valence-electron chi connectivity index (χ2n) is 3.96. The maximum Gasteiger partial charge on any atom is 0.295 e. The fourth-order valence-electron chi connectivity index (χ4n) is 1.64. The molecule has 0 unspecified atom stereocenters.